The van der Waals surface area contributed by atoms with E-state index in [2.05, 4.69) is 5.32 Å². The van der Waals surface area contributed by atoms with Crippen LogP contribution in [0.2, 0.25) is 10.0 Å². The Kier molecular flexibility index (Phi) is 11.3. The molecule has 1 atom stereocenters. The Hall–Kier alpha value is -3.47. The van der Waals surface area contributed by atoms with E-state index in [1.807, 2.05) is 33.8 Å². The van der Waals surface area contributed by atoms with Gasteiger partial charge in [0, 0.05) is 28.7 Å². The Morgan fingerprint density at radius 3 is 2.07 bits per heavy atom. The molecule has 9 nitrogen and oxygen atoms in total. The molecule has 3 rings (SSSR count). The molecule has 0 spiro atoms. The van der Waals surface area contributed by atoms with Crippen LogP contribution in [0, 0.1) is 13.8 Å². The highest BCUT2D eigenvalue weighted by atomic mass is 35.5. The van der Waals surface area contributed by atoms with Crippen molar-refractivity contribution in [3.63, 3.8) is 0 Å². The number of amides is 2. The van der Waals surface area contributed by atoms with Gasteiger partial charge in [0.2, 0.25) is 11.8 Å². The van der Waals surface area contributed by atoms with E-state index in [-0.39, 0.29) is 23.2 Å². The average Bonchev–Trinajstić information content (AvgIpc) is 2.93. The van der Waals surface area contributed by atoms with Gasteiger partial charge in [-0.15, -0.1) is 0 Å². The van der Waals surface area contributed by atoms with Crippen molar-refractivity contribution in [1.82, 2.24) is 10.2 Å². The summed E-state index contributed by atoms with van der Waals surface area (Å²) in [4.78, 5) is 28.5. The molecule has 3 aromatic carbocycles. The molecule has 0 radical (unpaired) electrons. The lowest BCUT2D eigenvalue weighted by Gasteiger charge is -2.32. The van der Waals surface area contributed by atoms with E-state index in [1.54, 1.807) is 37.3 Å². The van der Waals surface area contributed by atoms with E-state index < -0.39 is 34.4 Å². The van der Waals surface area contributed by atoms with Gasteiger partial charge in [0.25, 0.3) is 10.0 Å². The van der Waals surface area contributed by atoms with Gasteiger partial charge in [-0.25, -0.2) is 8.42 Å². The molecule has 0 saturated heterocycles. The zero-order chi connectivity index (χ0) is 32.1. The van der Waals surface area contributed by atoms with E-state index >= 15 is 0 Å². The maximum Gasteiger partial charge on any atom is 0.264 e. The van der Waals surface area contributed by atoms with Crippen molar-refractivity contribution in [3.05, 3.63) is 81.3 Å². The molecule has 43 heavy (non-hydrogen) atoms. The van der Waals surface area contributed by atoms with Crippen LogP contribution in [0.25, 0.3) is 0 Å². The number of rotatable bonds is 12. The molecular formula is C31H37Cl2N3O6S. The molecule has 3 aromatic rings. The summed E-state index contributed by atoms with van der Waals surface area (Å²) in [6.07, 6.45) is 0. The first-order valence-corrected chi connectivity index (χ1v) is 15.7. The molecule has 0 aliphatic rings. The molecular weight excluding hydrogens is 613 g/mol. The SMILES string of the molecule is COc1ccc(S(=O)(=O)N(CC(=O)N(Cc2ccc(Cl)cc2Cl)C(C)C(=O)NC(C)C)c2cc(C)cc(C)c2)cc1OC. The van der Waals surface area contributed by atoms with E-state index in [1.165, 1.54) is 37.3 Å². The molecule has 0 aromatic heterocycles. The number of halogens is 2. The number of carbonyl (C=O) groups is 2. The topological polar surface area (TPSA) is 105 Å². The Bertz CT molecular complexity index is 1580. The van der Waals surface area contributed by atoms with Gasteiger partial charge in [-0.1, -0.05) is 35.3 Å². The van der Waals surface area contributed by atoms with Crippen LogP contribution >= 0.6 is 23.2 Å². The number of nitrogens with zero attached hydrogens (tertiary/aromatic N) is 2. The second-order valence-electron chi connectivity index (χ2n) is 10.5. The fourth-order valence-corrected chi connectivity index (χ4v) is 6.43. The van der Waals surface area contributed by atoms with Crippen molar-refractivity contribution in [3.8, 4) is 11.5 Å². The zero-order valence-corrected chi connectivity index (χ0v) is 27.6. The Balaban J connectivity index is 2.13. The zero-order valence-electron chi connectivity index (χ0n) is 25.3. The number of carbonyl (C=O) groups excluding carboxylic acids is 2. The summed E-state index contributed by atoms with van der Waals surface area (Å²) in [6, 6.07) is 13.2. The third kappa shape index (κ3) is 8.34. The summed E-state index contributed by atoms with van der Waals surface area (Å²) in [7, 11) is -1.46. The average molecular weight is 651 g/mol. The Morgan fingerprint density at radius 2 is 1.51 bits per heavy atom. The van der Waals surface area contributed by atoms with Crippen molar-refractivity contribution in [2.24, 2.45) is 0 Å². The maximum absolute atomic E-state index is 14.2. The normalized spacial score (nSPS) is 12.0. The summed E-state index contributed by atoms with van der Waals surface area (Å²) >= 11 is 12.5. The molecule has 1 unspecified atom stereocenters. The van der Waals surface area contributed by atoms with Crippen LogP contribution in [0.15, 0.2) is 59.5 Å². The van der Waals surface area contributed by atoms with E-state index in [0.717, 1.165) is 15.4 Å². The minimum absolute atomic E-state index is 0.0569. The summed E-state index contributed by atoms with van der Waals surface area (Å²) in [5.74, 6) is -0.436. The fraction of sp³-hybridized carbons (Fsp3) is 0.355. The molecule has 0 fully saturated rings. The minimum atomic E-state index is -4.32. The van der Waals surface area contributed by atoms with E-state index in [9.17, 15) is 18.0 Å². The third-order valence-electron chi connectivity index (χ3n) is 6.67. The second kappa shape index (κ2) is 14.3. The maximum atomic E-state index is 14.2. The number of methoxy groups -OCH3 is 2. The highest BCUT2D eigenvalue weighted by Crippen LogP contribution is 2.33. The number of ether oxygens (including phenoxy) is 2. The van der Waals surface area contributed by atoms with Gasteiger partial charge in [0.1, 0.15) is 12.6 Å². The number of benzene rings is 3. The van der Waals surface area contributed by atoms with Crippen LogP contribution in [0.5, 0.6) is 11.5 Å². The molecule has 0 bridgehead atoms. The van der Waals surface area contributed by atoms with Crippen LogP contribution < -0.4 is 19.1 Å². The van der Waals surface area contributed by atoms with Gasteiger partial charge < -0.3 is 19.7 Å². The van der Waals surface area contributed by atoms with Crippen LogP contribution in [0.1, 0.15) is 37.5 Å². The Morgan fingerprint density at radius 1 is 0.884 bits per heavy atom. The molecule has 12 heteroatoms. The summed E-state index contributed by atoms with van der Waals surface area (Å²) in [6.45, 7) is 8.24. The predicted octanol–water partition coefficient (Wildman–Crippen LogP) is 5.76. The van der Waals surface area contributed by atoms with Crippen molar-refractivity contribution in [2.45, 2.75) is 58.1 Å². The van der Waals surface area contributed by atoms with Crippen molar-refractivity contribution in [1.29, 1.82) is 0 Å². The molecule has 0 aliphatic carbocycles. The van der Waals surface area contributed by atoms with Crippen LogP contribution in [0.3, 0.4) is 0 Å². The number of nitrogens with one attached hydrogen (secondary N) is 1. The van der Waals surface area contributed by atoms with Crippen molar-refractivity contribution in [2.75, 3.05) is 25.1 Å². The predicted molar refractivity (Wildman–Crippen MR) is 170 cm³/mol. The standard InChI is InChI=1S/C31H37Cl2N3O6S/c1-19(2)34-31(38)22(5)35(17-23-8-9-24(32)15-27(23)33)30(37)18-36(25-13-20(3)12-21(4)14-25)43(39,40)26-10-11-28(41-6)29(16-26)42-7/h8-16,19,22H,17-18H2,1-7H3,(H,34,38). The van der Waals surface area contributed by atoms with E-state index in [0.29, 0.717) is 27.0 Å². The molecule has 1 N–H and O–H groups in total. The molecule has 232 valence electrons. The van der Waals surface area contributed by atoms with Gasteiger partial charge in [0.05, 0.1) is 24.8 Å². The first-order valence-electron chi connectivity index (χ1n) is 13.5. The summed E-state index contributed by atoms with van der Waals surface area (Å²) in [5, 5.41) is 3.55. The van der Waals surface area contributed by atoms with Gasteiger partial charge in [-0.3, -0.25) is 13.9 Å². The molecule has 0 aliphatic heterocycles. The van der Waals surface area contributed by atoms with Crippen molar-refractivity contribution >= 4 is 50.7 Å². The number of anilines is 1. The quantitative estimate of drug-likeness (QED) is 0.267. The number of hydrogen-bond donors (Lipinski definition) is 1. The number of sulfonamides is 1. The number of hydrogen-bond acceptors (Lipinski definition) is 6. The van der Waals surface area contributed by atoms with Gasteiger partial charge in [0.15, 0.2) is 11.5 Å². The molecule has 0 heterocycles. The minimum Gasteiger partial charge on any atom is -0.493 e. The lowest BCUT2D eigenvalue weighted by atomic mass is 10.1. The molecule has 2 amide bonds. The third-order valence-corrected chi connectivity index (χ3v) is 9.03. The number of aryl methyl sites for hydroxylation is 2. The highest BCUT2D eigenvalue weighted by molar-refractivity contribution is 7.92. The second-order valence-corrected chi connectivity index (χ2v) is 13.2. The fourth-order valence-electron chi connectivity index (χ4n) is 4.55. The first-order chi connectivity index (χ1) is 20.2. The monoisotopic (exact) mass is 649 g/mol. The lowest BCUT2D eigenvalue weighted by Crippen LogP contribution is -2.52. The Labute approximate surface area is 263 Å². The van der Waals surface area contributed by atoms with Crippen LogP contribution in [-0.2, 0) is 26.2 Å². The van der Waals surface area contributed by atoms with Gasteiger partial charge in [-0.2, -0.15) is 0 Å². The lowest BCUT2D eigenvalue weighted by molar-refractivity contribution is -0.139. The summed E-state index contributed by atoms with van der Waals surface area (Å²) in [5.41, 5.74) is 2.46. The van der Waals surface area contributed by atoms with E-state index in [4.69, 9.17) is 32.7 Å². The summed E-state index contributed by atoms with van der Waals surface area (Å²) < 4.78 is 40.1. The first kappa shape index (κ1) is 34.0. The smallest absolute Gasteiger partial charge is 0.264 e. The van der Waals surface area contributed by atoms with Crippen molar-refractivity contribution < 1.29 is 27.5 Å². The largest absolute Gasteiger partial charge is 0.493 e. The molecule has 0 saturated carbocycles. The van der Waals surface area contributed by atoms with Gasteiger partial charge >= 0.3 is 0 Å². The van der Waals surface area contributed by atoms with Gasteiger partial charge in [-0.05, 0) is 87.7 Å². The highest BCUT2D eigenvalue weighted by Gasteiger charge is 2.33. The van der Waals surface area contributed by atoms with Crippen LogP contribution in [0.4, 0.5) is 5.69 Å². The van der Waals surface area contributed by atoms with Crippen LogP contribution in [-0.4, -0.2) is 58.0 Å².